The van der Waals surface area contributed by atoms with Gasteiger partial charge in [0.05, 0.1) is 16.6 Å². The fraction of sp³-hybridized carbons (Fsp3) is 0.417. The second-order valence-corrected chi connectivity index (χ2v) is 3.73. The first-order chi connectivity index (χ1) is 8.69. The van der Waals surface area contributed by atoms with Crippen molar-refractivity contribution in [3.63, 3.8) is 0 Å². The van der Waals surface area contributed by atoms with E-state index < -0.39 is 4.92 Å². The molecule has 96 valence electrons. The van der Waals surface area contributed by atoms with Gasteiger partial charge in [-0.1, -0.05) is 6.92 Å². The summed E-state index contributed by atoms with van der Waals surface area (Å²) in [7, 11) is 0. The van der Waals surface area contributed by atoms with E-state index in [1.165, 1.54) is 18.2 Å². The minimum absolute atomic E-state index is 0.00236. The molecule has 0 aliphatic rings. The maximum atomic E-state index is 10.8. The van der Waals surface area contributed by atoms with Crippen molar-refractivity contribution >= 4 is 11.4 Å². The van der Waals surface area contributed by atoms with Crippen molar-refractivity contribution in [2.24, 2.45) is 0 Å². The molecule has 0 saturated carbocycles. The van der Waals surface area contributed by atoms with Gasteiger partial charge in [0.15, 0.2) is 0 Å². The summed E-state index contributed by atoms with van der Waals surface area (Å²) in [5.41, 5.74) is 0.808. The summed E-state index contributed by atoms with van der Waals surface area (Å²) in [6, 6.07) is 6.27. The van der Waals surface area contributed by atoms with Crippen LogP contribution in [0.5, 0.6) is 0 Å². The van der Waals surface area contributed by atoms with Crippen LogP contribution in [0.2, 0.25) is 0 Å². The fourth-order valence-electron chi connectivity index (χ4n) is 1.52. The van der Waals surface area contributed by atoms with Gasteiger partial charge in [0, 0.05) is 12.6 Å². The number of rotatable bonds is 7. The molecule has 0 heterocycles. The molecule has 1 rings (SSSR count). The molecular weight excluding hydrogens is 232 g/mol. The largest absolute Gasteiger partial charge is 0.379 e. The Morgan fingerprint density at radius 3 is 2.83 bits per heavy atom. The van der Waals surface area contributed by atoms with Gasteiger partial charge < -0.3 is 10.6 Å². The van der Waals surface area contributed by atoms with Crippen molar-refractivity contribution in [1.29, 1.82) is 5.26 Å². The Morgan fingerprint density at radius 1 is 1.44 bits per heavy atom. The highest BCUT2D eigenvalue weighted by atomic mass is 16.6. The molecule has 0 bridgehead atoms. The van der Waals surface area contributed by atoms with Crippen molar-refractivity contribution in [2.45, 2.75) is 13.3 Å². The van der Waals surface area contributed by atoms with Crippen LogP contribution in [-0.2, 0) is 0 Å². The number of benzene rings is 1. The number of nitriles is 1. The Morgan fingerprint density at radius 2 is 2.22 bits per heavy atom. The quantitative estimate of drug-likeness (QED) is 0.436. The lowest BCUT2D eigenvalue weighted by molar-refractivity contribution is -0.384. The third kappa shape index (κ3) is 4.03. The first kappa shape index (κ1) is 13.9. The lowest BCUT2D eigenvalue weighted by atomic mass is 10.2. The van der Waals surface area contributed by atoms with Gasteiger partial charge in [-0.2, -0.15) is 5.26 Å². The normalized spacial score (nSPS) is 9.78. The standard InChI is InChI=1S/C12H16N4O2/c1-2-14-6-3-7-15-11-8-10(9-13)4-5-12(11)16(17)18/h4-5,8,14-15H,2-3,6-7H2,1H3. The van der Waals surface area contributed by atoms with E-state index in [1.807, 2.05) is 13.0 Å². The van der Waals surface area contributed by atoms with E-state index in [4.69, 9.17) is 5.26 Å². The smallest absolute Gasteiger partial charge is 0.292 e. The van der Waals surface area contributed by atoms with Crippen molar-refractivity contribution in [3.8, 4) is 6.07 Å². The highest BCUT2D eigenvalue weighted by Crippen LogP contribution is 2.25. The lowest BCUT2D eigenvalue weighted by Gasteiger charge is -2.07. The first-order valence-corrected chi connectivity index (χ1v) is 5.82. The van der Waals surface area contributed by atoms with E-state index in [-0.39, 0.29) is 5.69 Å². The molecule has 1 aromatic carbocycles. The predicted octanol–water partition coefficient (Wildman–Crippen LogP) is 1.88. The van der Waals surface area contributed by atoms with Crippen LogP contribution in [0.15, 0.2) is 18.2 Å². The zero-order chi connectivity index (χ0) is 13.4. The molecule has 1 aromatic rings. The van der Waals surface area contributed by atoms with E-state index >= 15 is 0 Å². The van der Waals surface area contributed by atoms with Crippen molar-refractivity contribution < 1.29 is 4.92 Å². The van der Waals surface area contributed by atoms with Crippen LogP contribution in [-0.4, -0.2) is 24.6 Å². The summed E-state index contributed by atoms with van der Waals surface area (Å²) < 4.78 is 0. The average Bonchev–Trinajstić information content (AvgIpc) is 2.38. The van der Waals surface area contributed by atoms with Gasteiger partial charge in [0.2, 0.25) is 0 Å². The second kappa shape index (κ2) is 7.25. The van der Waals surface area contributed by atoms with Gasteiger partial charge >= 0.3 is 0 Å². The molecule has 0 fully saturated rings. The van der Waals surface area contributed by atoms with Crippen LogP contribution in [0.4, 0.5) is 11.4 Å². The van der Waals surface area contributed by atoms with E-state index in [2.05, 4.69) is 10.6 Å². The van der Waals surface area contributed by atoms with Crippen LogP contribution in [0.1, 0.15) is 18.9 Å². The van der Waals surface area contributed by atoms with E-state index in [0.717, 1.165) is 19.5 Å². The Kier molecular flexibility index (Phi) is 5.61. The third-order valence-electron chi connectivity index (χ3n) is 2.42. The molecule has 0 unspecified atom stereocenters. The number of anilines is 1. The summed E-state index contributed by atoms with van der Waals surface area (Å²) in [4.78, 5) is 10.4. The molecule has 0 amide bonds. The lowest BCUT2D eigenvalue weighted by Crippen LogP contribution is -2.17. The summed E-state index contributed by atoms with van der Waals surface area (Å²) in [5, 5.41) is 25.8. The maximum Gasteiger partial charge on any atom is 0.292 e. The van der Waals surface area contributed by atoms with Crippen LogP contribution >= 0.6 is 0 Å². The minimum atomic E-state index is -0.451. The van der Waals surface area contributed by atoms with Gasteiger partial charge in [-0.05, 0) is 31.6 Å². The minimum Gasteiger partial charge on any atom is -0.379 e. The van der Waals surface area contributed by atoms with Crippen LogP contribution < -0.4 is 10.6 Å². The van der Waals surface area contributed by atoms with E-state index in [0.29, 0.717) is 17.8 Å². The monoisotopic (exact) mass is 248 g/mol. The molecule has 0 aliphatic heterocycles. The van der Waals surface area contributed by atoms with Crippen LogP contribution in [0.25, 0.3) is 0 Å². The molecule has 0 spiro atoms. The van der Waals surface area contributed by atoms with Crippen LogP contribution in [0, 0.1) is 21.4 Å². The number of nitrogens with one attached hydrogen (secondary N) is 2. The Balaban J connectivity index is 2.67. The molecular formula is C12H16N4O2. The predicted molar refractivity (Wildman–Crippen MR) is 69.5 cm³/mol. The summed E-state index contributed by atoms with van der Waals surface area (Å²) in [5.74, 6) is 0. The molecule has 18 heavy (non-hydrogen) atoms. The molecule has 2 N–H and O–H groups in total. The van der Waals surface area contributed by atoms with Crippen molar-refractivity contribution in [1.82, 2.24) is 5.32 Å². The third-order valence-corrected chi connectivity index (χ3v) is 2.42. The zero-order valence-electron chi connectivity index (χ0n) is 10.3. The highest BCUT2D eigenvalue weighted by molar-refractivity contribution is 5.64. The Bertz CT molecular complexity index is 454. The van der Waals surface area contributed by atoms with Crippen molar-refractivity contribution in [3.05, 3.63) is 33.9 Å². The molecule has 0 atom stereocenters. The average molecular weight is 248 g/mol. The van der Waals surface area contributed by atoms with Gasteiger partial charge in [0.1, 0.15) is 5.69 Å². The zero-order valence-corrected chi connectivity index (χ0v) is 10.3. The number of hydrogen-bond acceptors (Lipinski definition) is 5. The molecule has 0 aromatic heterocycles. The molecule has 0 radical (unpaired) electrons. The fourth-order valence-corrected chi connectivity index (χ4v) is 1.52. The van der Waals surface area contributed by atoms with Gasteiger partial charge in [-0.25, -0.2) is 0 Å². The Hall–Kier alpha value is -2.13. The first-order valence-electron chi connectivity index (χ1n) is 5.82. The Labute approximate surface area is 106 Å². The number of hydrogen-bond donors (Lipinski definition) is 2. The van der Waals surface area contributed by atoms with Gasteiger partial charge in [-0.3, -0.25) is 10.1 Å². The molecule has 0 aliphatic carbocycles. The molecule has 6 nitrogen and oxygen atoms in total. The van der Waals surface area contributed by atoms with Gasteiger partial charge in [0.25, 0.3) is 5.69 Å². The molecule has 6 heteroatoms. The van der Waals surface area contributed by atoms with E-state index in [9.17, 15) is 10.1 Å². The summed E-state index contributed by atoms with van der Waals surface area (Å²) >= 11 is 0. The highest BCUT2D eigenvalue weighted by Gasteiger charge is 2.13. The summed E-state index contributed by atoms with van der Waals surface area (Å²) in [6.45, 7) is 4.41. The maximum absolute atomic E-state index is 10.8. The summed E-state index contributed by atoms with van der Waals surface area (Å²) in [6.07, 6.45) is 0.863. The topological polar surface area (TPSA) is 91.0 Å². The van der Waals surface area contributed by atoms with E-state index in [1.54, 1.807) is 0 Å². The number of nitro groups is 1. The van der Waals surface area contributed by atoms with Crippen LogP contribution in [0.3, 0.4) is 0 Å². The number of nitro benzene ring substituents is 1. The molecule has 0 saturated heterocycles. The SMILES string of the molecule is CCNCCCNc1cc(C#N)ccc1[N+](=O)[O-]. The number of nitrogens with zero attached hydrogens (tertiary/aromatic N) is 2. The second-order valence-electron chi connectivity index (χ2n) is 3.73. The van der Waals surface area contributed by atoms with Crippen molar-refractivity contribution in [2.75, 3.05) is 25.0 Å². The van der Waals surface area contributed by atoms with Gasteiger partial charge in [-0.15, -0.1) is 0 Å².